The maximum absolute atomic E-state index is 3.00. The van der Waals surface area contributed by atoms with Gasteiger partial charge in [0, 0.05) is 0 Å². The van der Waals surface area contributed by atoms with Gasteiger partial charge < -0.3 is 0 Å². The van der Waals surface area contributed by atoms with Crippen molar-refractivity contribution >= 4 is 0 Å². The van der Waals surface area contributed by atoms with Gasteiger partial charge in [0.05, 0.1) is 0 Å². The zero-order valence-electron chi connectivity index (χ0n) is 12.2. The van der Waals surface area contributed by atoms with E-state index in [1.807, 2.05) is 0 Å². The predicted octanol–water partition coefficient (Wildman–Crippen LogP) is 5.50. The summed E-state index contributed by atoms with van der Waals surface area (Å²) in [6, 6.07) is 17.5. The first kappa shape index (κ1) is 16.9. The zero-order valence-corrected chi connectivity index (χ0v) is 12.2. The second kappa shape index (κ2) is 9.90. The third-order valence-corrected chi connectivity index (χ3v) is 2.65. The van der Waals surface area contributed by atoms with Crippen molar-refractivity contribution in [1.82, 2.24) is 0 Å². The van der Waals surface area contributed by atoms with E-state index in [4.69, 9.17) is 0 Å². The van der Waals surface area contributed by atoms with Crippen LogP contribution >= 0.6 is 0 Å². The van der Waals surface area contributed by atoms with Gasteiger partial charge in [0.25, 0.3) is 0 Å². The van der Waals surface area contributed by atoms with Crippen LogP contribution in [0.4, 0.5) is 0 Å². The second-order valence-corrected chi connectivity index (χ2v) is 4.15. The van der Waals surface area contributed by atoms with Gasteiger partial charge in [-0.2, -0.15) is 0 Å². The minimum Gasteiger partial charge on any atom is -0.106 e. The molecule has 0 radical (unpaired) electrons. The Morgan fingerprint density at radius 1 is 0.579 bits per heavy atom. The molecule has 0 aromatic heterocycles. The average Bonchev–Trinajstić information content (AvgIpc) is 2.48. The van der Waals surface area contributed by atoms with Crippen molar-refractivity contribution in [3.05, 3.63) is 97.1 Å². The molecule has 0 amide bonds. The molecule has 0 heterocycles. The minimum atomic E-state index is 1.03. The number of hydrogen-bond acceptors (Lipinski definition) is 0. The van der Waals surface area contributed by atoms with Crippen molar-refractivity contribution < 1.29 is 0 Å². The summed E-state index contributed by atoms with van der Waals surface area (Å²) in [6.45, 7) is 16.2. The molecule has 0 aliphatic carbocycles. The summed E-state index contributed by atoms with van der Waals surface area (Å²) in [5, 5.41) is 0. The lowest BCUT2D eigenvalue weighted by Crippen LogP contribution is -1.88. The van der Waals surface area contributed by atoms with E-state index in [9.17, 15) is 0 Å². The molecule has 0 saturated heterocycles. The highest BCUT2D eigenvalue weighted by atomic mass is 14.0. The first-order chi connectivity index (χ1) is 9.24. The zero-order chi connectivity index (χ0) is 14.7. The van der Waals surface area contributed by atoms with Crippen LogP contribution in [0.1, 0.15) is 22.3 Å². The summed E-state index contributed by atoms with van der Waals surface area (Å²) in [5.74, 6) is 0. The van der Waals surface area contributed by atoms with Crippen molar-refractivity contribution in [2.24, 2.45) is 0 Å². The Balaban J connectivity index is 0.000000741. The topological polar surface area (TPSA) is 0 Å². The molecule has 100 valence electrons. The van der Waals surface area contributed by atoms with Gasteiger partial charge >= 0.3 is 0 Å². The van der Waals surface area contributed by atoms with E-state index in [0.29, 0.717) is 0 Å². The number of benzene rings is 2. The minimum absolute atomic E-state index is 1.03. The van der Waals surface area contributed by atoms with Crippen LogP contribution in [-0.2, 0) is 6.42 Å². The Hall–Kier alpha value is -2.08. The summed E-state index contributed by atoms with van der Waals surface area (Å²) in [4.78, 5) is 0. The van der Waals surface area contributed by atoms with E-state index in [-0.39, 0.29) is 0 Å². The van der Waals surface area contributed by atoms with Crippen molar-refractivity contribution in [3.8, 4) is 0 Å². The third kappa shape index (κ3) is 6.42. The van der Waals surface area contributed by atoms with Crippen LogP contribution in [0.25, 0.3) is 0 Å². The highest BCUT2D eigenvalue weighted by molar-refractivity contribution is 5.29. The normalized spacial score (nSPS) is 8.53. The van der Waals surface area contributed by atoms with Gasteiger partial charge in [-0.05, 0) is 31.4 Å². The van der Waals surface area contributed by atoms with E-state index in [1.165, 1.54) is 22.3 Å². The molecule has 0 aliphatic heterocycles. The molecule has 0 unspecified atom stereocenters. The van der Waals surface area contributed by atoms with E-state index in [0.717, 1.165) is 6.42 Å². The van der Waals surface area contributed by atoms with Gasteiger partial charge in [-0.3, -0.25) is 0 Å². The van der Waals surface area contributed by atoms with Gasteiger partial charge in [0.15, 0.2) is 0 Å². The Bertz CT molecular complexity index is 403. The lowest BCUT2D eigenvalue weighted by molar-refractivity contribution is 1.18. The maximum atomic E-state index is 3.00. The van der Waals surface area contributed by atoms with Crippen LogP contribution in [0.15, 0.2) is 74.8 Å². The Morgan fingerprint density at radius 2 is 0.842 bits per heavy atom. The van der Waals surface area contributed by atoms with Gasteiger partial charge in [-0.1, -0.05) is 59.7 Å². The first-order valence-electron chi connectivity index (χ1n) is 6.35. The molecular weight excluding hydrogens is 228 g/mol. The number of aryl methyl sites for hydroxylation is 2. The molecule has 0 nitrogen and oxygen atoms in total. The fraction of sp³-hybridized carbons (Fsp3) is 0.158. The van der Waals surface area contributed by atoms with Crippen molar-refractivity contribution in [2.75, 3.05) is 0 Å². The monoisotopic (exact) mass is 252 g/mol. The Labute approximate surface area is 118 Å². The molecule has 0 N–H and O–H groups in total. The number of hydrogen-bond donors (Lipinski definition) is 0. The van der Waals surface area contributed by atoms with Crippen LogP contribution in [0.5, 0.6) is 0 Å². The summed E-state index contributed by atoms with van der Waals surface area (Å²) in [6.07, 6.45) is 1.03. The van der Waals surface area contributed by atoms with E-state index < -0.39 is 0 Å². The van der Waals surface area contributed by atoms with Gasteiger partial charge in [-0.15, -0.1) is 26.3 Å². The molecule has 0 spiro atoms. The third-order valence-electron chi connectivity index (χ3n) is 2.65. The quantitative estimate of drug-likeness (QED) is 0.619. The maximum Gasteiger partial charge on any atom is -0.00258 e. The van der Waals surface area contributed by atoms with Crippen molar-refractivity contribution in [1.29, 1.82) is 0 Å². The lowest BCUT2D eigenvalue weighted by Gasteiger charge is -2.03. The van der Waals surface area contributed by atoms with E-state index in [2.05, 4.69) is 88.7 Å². The molecule has 0 fully saturated rings. The summed E-state index contributed by atoms with van der Waals surface area (Å²) < 4.78 is 0. The molecule has 0 atom stereocenters. The second-order valence-electron chi connectivity index (χ2n) is 4.15. The van der Waals surface area contributed by atoms with Crippen LogP contribution in [0.3, 0.4) is 0 Å². The molecule has 0 heteroatoms. The molecule has 0 aliphatic rings. The summed E-state index contributed by atoms with van der Waals surface area (Å²) in [7, 11) is 0. The number of rotatable bonds is 2. The van der Waals surface area contributed by atoms with E-state index >= 15 is 0 Å². The van der Waals surface area contributed by atoms with Gasteiger partial charge in [-0.25, -0.2) is 0 Å². The molecule has 2 aromatic carbocycles. The van der Waals surface area contributed by atoms with E-state index in [1.54, 1.807) is 0 Å². The molecular formula is C19H24. The highest BCUT2D eigenvalue weighted by Gasteiger charge is 1.95. The van der Waals surface area contributed by atoms with Crippen LogP contribution in [0, 0.1) is 13.8 Å². The fourth-order valence-corrected chi connectivity index (χ4v) is 1.65. The van der Waals surface area contributed by atoms with Gasteiger partial charge in [0.2, 0.25) is 0 Å². The Morgan fingerprint density at radius 3 is 1.11 bits per heavy atom. The standard InChI is InChI=1S/C15H16.2C2H4/c1-12-3-7-14(8-4-12)11-15-9-5-13(2)6-10-15;2*1-2/h3-10H,11H2,1-2H3;2*1-2H2. The fourth-order valence-electron chi connectivity index (χ4n) is 1.65. The first-order valence-corrected chi connectivity index (χ1v) is 6.35. The van der Waals surface area contributed by atoms with Gasteiger partial charge in [0.1, 0.15) is 0 Å². The largest absolute Gasteiger partial charge is 0.106 e. The van der Waals surface area contributed by atoms with Crippen LogP contribution in [-0.4, -0.2) is 0 Å². The SMILES string of the molecule is C=C.C=C.Cc1ccc(Cc2ccc(C)cc2)cc1. The molecule has 0 bridgehead atoms. The summed E-state index contributed by atoms with van der Waals surface area (Å²) >= 11 is 0. The average molecular weight is 252 g/mol. The van der Waals surface area contributed by atoms with Crippen molar-refractivity contribution in [2.45, 2.75) is 20.3 Å². The molecule has 2 rings (SSSR count). The molecule has 2 aromatic rings. The van der Waals surface area contributed by atoms with Crippen LogP contribution < -0.4 is 0 Å². The highest BCUT2D eigenvalue weighted by Crippen LogP contribution is 2.11. The summed E-state index contributed by atoms with van der Waals surface area (Å²) in [5.41, 5.74) is 5.40. The lowest BCUT2D eigenvalue weighted by atomic mass is 10.0. The smallest absolute Gasteiger partial charge is 0.00258 e. The molecule has 19 heavy (non-hydrogen) atoms. The van der Waals surface area contributed by atoms with Crippen LogP contribution in [0.2, 0.25) is 0 Å². The Kier molecular flexibility index (Phi) is 8.82. The molecule has 0 saturated carbocycles. The predicted molar refractivity (Wildman–Crippen MR) is 87.7 cm³/mol. The van der Waals surface area contributed by atoms with Crippen molar-refractivity contribution in [3.63, 3.8) is 0 Å².